The smallest absolute Gasteiger partial charge is 0.343 e. The molecule has 0 saturated heterocycles. The fourth-order valence-corrected chi connectivity index (χ4v) is 17.8. The molecule has 4 aromatic rings. The quantitative estimate of drug-likeness (QED) is 0.186. The first-order valence-electron chi connectivity index (χ1n) is 12.4. The van der Waals surface area contributed by atoms with E-state index in [0.29, 0.717) is 0 Å². The summed E-state index contributed by atoms with van der Waals surface area (Å²) < 4.78 is 0. The maximum absolute atomic E-state index is 4.00. The second-order valence-corrected chi connectivity index (χ2v) is 23.0. The zero-order valence-corrected chi connectivity index (χ0v) is 26.9. The molecule has 4 aromatic carbocycles. The molecule has 34 heavy (non-hydrogen) atoms. The molecule has 0 aliphatic carbocycles. The Morgan fingerprint density at radius 3 is 1.74 bits per heavy atom. The summed E-state index contributed by atoms with van der Waals surface area (Å²) in [7, 11) is -1.84. The van der Waals surface area contributed by atoms with Gasteiger partial charge in [0, 0.05) is 16.1 Å². The van der Waals surface area contributed by atoms with Gasteiger partial charge in [-0.15, -0.1) is 57.4 Å². The molecule has 0 bridgehead atoms. The molecular formula is C31H45ScSi2. The van der Waals surface area contributed by atoms with Crippen molar-refractivity contribution in [3.8, 4) is 0 Å². The Hall–Kier alpha value is -1.04. The van der Waals surface area contributed by atoms with Gasteiger partial charge in [0.2, 0.25) is 0 Å². The zero-order valence-electron chi connectivity index (χ0n) is 23.1. The zero-order chi connectivity index (χ0) is 24.8. The fraction of sp³-hybridized carbons (Fsp3) is 0.387. The molecule has 0 aliphatic rings. The summed E-state index contributed by atoms with van der Waals surface area (Å²) >= 11 is 0. The van der Waals surface area contributed by atoms with E-state index in [1.807, 2.05) is 0 Å². The van der Waals surface area contributed by atoms with Crippen LogP contribution < -0.4 is 0 Å². The number of hydrogen-bond acceptors (Lipinski definition) is 0. The molecule has 3 heteroatoms. The third-order valence-corrected chi connectivity index (χ3v) is 16.7. The van der Waals surface area contributed by atoms with Crippen molar-refractivity contribution in [2.24, 2.45) is 0 Å². The largest absolute Gasteiger partial charge is 3.00 e. The normalized spacial score (nSPS) is 11.5. The molecule has 0 unspecified atom stereocenters. The van der Waals surface area contributed by atoms with Crippen LogP contribution in [0.3, 0.4) is 0 Å². The summed E-state index contributed by atoms with van der Waals surface area (Å²) in [5.41, 5.74) is 4.11. The first-order chi connectivity index (χ1) is 15.4. The molecular weight excluding hydrogens is 473 g/mol. The monoisotopic (exact) mass is 518 g/mol. The van der Waals surface area contributed by atoms with Crippen LogP contribution in [0, 0.1) is 27.7 Å². The van der Waals surface area contributed by atoms with Crippen LogP contribution in [0.1, 0.15) is 29.5 Å². The summed E-state index contributed by atoms with van der Waals surface area (Å²) in [6.45, 7) is 25.5. The third kappa shape index (κ3) is 8.57. The SMILES string of the molecule is Cc1ccc(C)c2[cH-]ccc12.Cc1cccc2[cH-]ccc12.[CH2-]CCC([Si](C)(C)C)[Si](C)(C)C.[Sc+3]. The van der Waals surface area contributed by atoms with Crippen molar-refractivity contribution in [1.29, 1.82) is 0 Å². The Balaban J connectivity index is 0.000000252. The molecule has 180 valence electrons. The fourth-order valence-electron chi connectivity index (χ4n) is 5.23. The Labute approximate surface area is 230 Å². The minimum atomic E-state index is -0.921. The van der Waals surface area contributed by atoms with E-state index in [1.165, 1.54) is 44.7 Å². The predicted molar refractivity (Wildman–Crippen MR) is 158 cm³/mol. The topological polar surface area (TPSA) is 0 Å². The van der Waals surface area contributed by atoms with Crippen molar-refractivity contribution in [1.82, 2.24) is 0 Å². The number of aryl methyl sites for hydroxylation is 3. The van der Waals surface area contributed by atoms with E-state index >= 15 is 0 Å². The van der Waals surface area contributed by atoms with E-state index in [-0.39, 0.29) is 25.8 Å². The molecule has 0 heterocycles. The Morgan fingerprint density at radius 2 is 1.24 bits per heavy atom. The van der Waals surface area contributed by atoms with Gasteiger partial charge in [-0.2, -0.15) is 30.7 Å². The van der Waals surface area contributed by atoms with E-state index in [4.69, 9.17) is 0 Å². The maximum atomic E-state index is 4.00. The van der Waals surface area contributed by atoms with E-state index in [0.717, 1.165) is 11.6 Å². The maximum Gasteiger partial charge on any atom is 3.00 e. The molecule has 0 spiro atoms. The molecule has 0 radical (unpaired) electrons. The number of fused-ring (bicyclic) bond motifs is 2. The minimum absolute atomic E-state index is 0. The summed E-state index contributed by atoms with van der Waals surface area (Å²) in [5.74, 6) is 0. The number of benzene rings is 2. The molecule has 0 N–H and O–H groups in total. The number of rotatable bonds is 4. The predicted octanol–water partition coefficient (Wildman–Crippen LogP) is 10.2. The van der Waals surface area contributed by atoms with E-state index in [9.17, 15) is 0 Å². The van der Waals surface area contributed by atoms with Crippen molar-refractivity contribution in [2.45, 2.75) is 78.1 Å². The van der Waals surface area contributed by atoms with Gasteiger partial charge in [0.1, 0.15) is 0 Å². The average Bonchev–Trinajstić information content (AvgIpc) is 3.39. The van der Waals surface area contributed by atoms with Gasteiger partial charge in [0.25, 0.3) is 0 Å². The molecule has 0 fully saturated rings. The van der Waals surface area contributed by atoms with Crippen LogP contribution in [0.5, 0.6) is 0 Å². The summed E-state index contributed by atoms with van der Waals surface area (Å²) in [4.78, 5) is 0. The molecule has 0 nitrogen and oxygen atoms in total. The average molecular weight is 519 g/mol. The van der Waals surface area contributed by atoms with E-state index in [2.05, 4.69) is 134 Å². The van der Waals surface area contributed by atoms with Crippen molar-refractivity contribution in [3.05, 3.63) is 90.3 Å². The third-order valence-electron chi connectivity index (χ3n) is 6.73. The van der Waals surface area contributed by atoms with Gasteiger partial charge in [-0.05, 0) is 13.8 Å². The standard InChI is InChI=1S/C11H11.C10H25Si2.C10H9.Sc/c1-8-6-7-9(2)11-5-3-4-10(8)11;1-8-9-10(11(2,3)4)12(5,6)7;1-8-4-2-5-9-6-3-7-10(8)9;/h3-7H,1-2H3;10H,1,8-9H2,2-7H3;2-7H,1H3;/q3*-1;+3. The van der Waals surface area contributed by atoms with Crippen molar-refractivity contribution in [2.75, 3.05) is 0 Å². The van der Waals surface area contributed by atoms with Gasteiger partial charge in [-0.3, -0.25) is 0 Å². The van der Waals surface area contributed by atoms with Crippen LogP contribution in [0.2, 0.25) is 44.4 Å². The molecule has 0 amide bonds. The second-order valence-electron chi connectivity index (χ2n) is 11.6. The first kappa shape index (κ1) is 31.0. The van der Waals surface area contributed by atoms with Gasteiger partial charge in [-0.1, -0.05) is 81.1 Å². The van der Waals surface area contributed by atoms with Gasteiger partial charge in [0.15, 0.2) is 0 Å². The Bertz CT molecular complexity index is 1090. The summed E-state index contributed by atoms with van der Waals surface area (Å²) in [6, 6.07) is 23.6. The van der Waals surface area contributed by atoms with Gasteiger partial charge < -0.3 is 6.92 Å². The minimum Gasteiger partial charge on any atom is -0.343 e. The van der Waals surface area contributed by atoms with E-state index in [1.54, 1.807) is 0 Å². The van der Waals surface area contributed by atoms with Crippen LogP contribution in [-0.4, -0.2) is 16.1 Å². The second kappa shape index (κ2) is 13.3. The molecule has 4 rings (SSSR count). The summed E-state index contributed by atoms with van der Waals surface area (Å²) in [6.07, 6.45) is 2.49. The molecule has 0 atom stereocenters. The van der Waals surface area contributed by atoms with E-state index < -0.39 is 16.1 Å². The van der Waals surface area contributed by atoms with Crippen molar-refractivity contribution in [3.63, 3.8) is 0 Å². The van der Waals surface area contributed by atoms with Crippen LogP contribution in [0.15, 0.2) is 66.7 Å². The van der Waals surface area contributed by atoms with Crippen LogP contribution in [-0.2, 0) is 25.8 Å². The van der Waals surface area contributed by atoms with Crippen molar-refractivity contribution >= 4 is 37.7 Å². The number of hydrogen-bond donors (Lipinski definition) is 0. The molecule has 0 aliphatic heterocycles. The molecule has 0 saturated carbocycles. The Kier molecular flexibility index (Phi) is 12.1. The van der Waals surface area contributed by atoms with Crippen LogP contribution in [0.25, 0.3) is 21.5 Å². The van der Waals surface area contributed by atoms with Gasteiger partial charge in [0.05, 0.1) is 0 Å². The summed E-state index contributed by atoms with van der Waals surface area (Å²) in [5, 5.41) is 6.56. The Morgan fingerprint density at radius 1 is 0.706 bits per heavy atom. The van der Waals surface area contributed by atoms with Crippen LogP contribution >= 0.6 is 0 Å². The van der Waals surface area contributed by atoms with Crippen LogP contribution in [0.4, 0.5) is 0 Å². The van der Waals surface area contributed by atoms with Gasteiger partial charge >= 0.3 is 25.8 Å². The van der Waals surface area contributed by atoms with Crippen molar-refractivity contribution < 1.29 is 25.8 Å². The molecule has 0 aromatic heterocycles. The first-order valence-corrected chi connectivity index (χ1v) is 19.5. The van der Waals surface area contributed by atoms with Gasteiger partial charge in [-0.25, -0.2) is 0 Å².